The Kier molecular flexibility index (Phi) is 7.47. The van der Waals surface area contributed by atoms with Gasteiger partial charge in [0.15, 0.2) is 6.29 Å². The average Bonchev–Trinajstić information content (AvgIpc) is 3.20. The number of hydrogen-bond donors (Lipinski definition) is 5. The molecule has 4 saturated carbocycles. The third-order valence-corrected chi connectivity index (χ3v) is 15.0. The molecule has 240 valence electrons. The SMILES string of the molecule is CC1(C)CC[C@]2(C)C[C@H](O)[C@]3(C)C(=CC[C@@H]4[C@@]5(C)CC[C@H](O[C@@H]6O[C@@H](CO)[C@H](O)[C@H]6O)[C@@](C)(CO)[C@@H]5CC[C@]43C)[C@@H]2C1. The van der Waals surface area contributed by atoms with Crippen molar-refractivity contribution in [2.24, 2.45) is 50.2 Å². The molecule has 1 aliphatic heterocycles. The van der Waals surface area contributed by atoms with Crippen molar-refractivity contribution in [1.82, 2.24) is 0 Å². The Labute approximate surface area is 253 Å². The molecule has 0 aromatic heterocycles. The smallest absolute Gasteiger partial charge is 0.186 e. The van der Waals surface area contributed by atoms with Crippen molar-refractivity contribution in [3.05, 3.63) is 11.6 Å². The van der Waals surface area contributed by atoms with E-state index in [-0.39, 0.29) is 46.4 Å². The summed E-state index contributed by atoms with van der Waals surface area (Å²) in [7, 11) is 0. The number of aliphatic hydroxyl groups is 5. The third-order valence-electron chi connectivity index (χ3n) is 15.0. The lowest BCUT2D eigenvalue weighted by Gasteiger charge is -2.72. The van der Waals surface area contributed by atoms with Crippen LogP contribution in [-0.2, 0) is 9.47 Å². The van der Waals surface area contributed by atoms with Crippen molar-refractivity contribution >= 4 is 0 Å². The van der Waals surface area contributed by atoms with E-state index in [1.54, 1.807) is 0 Å². The van der Waals surface area contributed by atoms with Crippen LogP contribution in [0.3, 0.4) is 0 Å². The monoisotopic (exact) mass is 590 g/mol. The number of rotatable bonds is 4. The molecule has 0 radical (unpaired) electrons. The van der Waals surface area contributed by atoms with Crippen LogP contribution in [0.25, 0.3) is 0 Å². The first kappa shape index (κ1) is 31.4. The van der Waals surface area contributed by atoms with Gasteiger partial charge in [0, 0.05) is 10.8 Å². The summed E-state index contributed by atoms with van der Waals surface area (Å²) in [6.07, 6.45) is 6.57. The largest absolute Gasteiger partial charge is 0.396 e. The molecule has 0 aromatic carbocycles. The summed E-state index contributed by atoms with van der Waals surface area (Å²) in [4.78, 5) is 0. The summed E-state index contributed by atoms with van der Waals surface area (Å²) >= 11 is 0. The highest BCUT2D eigenvalue weighted by atomic mass is 16.7. The van der Waals surface area contributed by atoms with Crippen molar-refractivity contribution in [1.29, 1.82) is 0 Å². The normalized spacial score (nSPS) is 57.0. The van der Waals surface area contributed by atoms with Gasteiger partial charge in [0.2, 0.25) is 0 Å². The lowest BCUT2D eigenvalue weighted by Crippen LogP contribution is -2.68. The first-order chi connectivity index (χ1) is 19.5. The van der Waals surface area contributed by atoms with Crippen LogP contribution in [0.2, 0.25) is 0 Å². The second-order valence-electron chi connectivity index (χ2n) is 17.5. The van der Waals surface area contributed by atoms with Crippen LogP contribution >= 0.6 is 0 Å². The van der Waals surface area contributed by atoms with E-state index in [1.165, 1.54) is 24.8 Å². The zero-order valence-corrected chi connectivity index (χ0v) is 27.1. The highest BCUT2D eigenvalue weighted by Crippen LogP contribution is 2.75. The molecule has 0 unspecified atom stereocenters. The molecule has 1 saturated heterocycles. The highest BCUT2D eigenvalue weighted by molar-refractivity contribution is 5.35. The second-order valence-corrected chi connectivity index (χ2v) is 17.5. The van der Waals surface area contributed by atoms with Crippen molar-refractivity contribution < 1.29 is 35.0 Å². The van der Waals surface area contributed by atoms with Gasteiger partial charge in [0.05, 0.1) is 25.4 Å². The maximum absolute atomic E-state index is 12.1. The minimum Gasteiger partial charge on any atom is -0.396 e. The molecule has 14 atom stereocenters. The molecule has 0 bridgehead atoms. The van der Waals surface area contributed by atoms with Gasteiger partial charge in [-0.3, -0.25) is 0 Å². The Hall–Kier alpha value is -0.540. The Morgan fingerprint density at radius 1 is 0.857 bits per heavy atom. The fourth-order valence-corrected chi connectivity index (χ4v) is 12.0. The van der Waals surface area contributed by atoms with Gasteiger partial charge < -0.3 is 35.0 Å². The zero-order valence-electron chi connectivity index (χ0n) is 27.1. The molecule has 7 heteroatoms. The minimum atomic E-state index is -1.24. The Morgan fingerprint density at radius 3 is 2.21 bits per heavy atom. The van der Waals surface area contributed by atoms with Gasteiger partial charge in [0.25, 0.3) is 0 Å². The van der Waals surface area contributed by atoms with Crippen molar-refractivity contribution in [3.63, 3.8) is 0 Å². The number of ether oxygens (including phenoxy) is 2. The summed E-state index contributed by atoms with van der Waals surface area (Å²) in [5, 5.41) is 53.6. The Bertz CT molecular complexity index is 1090. The predicted molar refractivity (Wildman–Crippen MR) is 160 cm³/mol. The molecule has 5 N–H and O–H groups in total. The molecule has 7 nitrogen and oxygen atoms in total. The Morgan fingerprint density at radius 2 is 1.57 bits per heavy atom. The van der Waals surface area contributed by atoms with Gasteiger partial charge in [-0.05, 0) is 97.2 Å². The van der Waals surface area contributed by atoms with Gasteiger partial charge in [-0.15, -0.1) is 0 Å². The second kappa shape index (κ2) is 9.98. The van der Waals surface area contributed by atoms with Crippen LogP contribution in [0.5, 0.6) is 0 Å². The predicted octanol–water partition coefficient (Wildman–Crippen LogP) is 4.58. The van der Waals surface area contributed by atoms with Crippen LogP contribution in [0.4, 0.5) is 0 Å². The van der Waals surface area contributed by atoms with Crippen LogP contribution in [0.1, 0.15) is 106 Å². The van der Waals surface area contributed by atoms with Gasteiger partial charge in [0.1, 0.15) is 18.3 Å². The molecular formula is C35H58O7. The first-order valence-electron chi connectivity index (χ1n) is 16.8. The van der Waals surface area contributed by atoms with E-state index in [0.29, 0.717) is 23.7 Å². The number of aliphatic hydroxyl groups excluding tert-OH is 5. The molecular weight excluding hydrogens is 532 g/mol. The molecule has 6 aliphatic rings. The molecule has 6 rings (SSSR count). The molecule has 42 heavy (non-hydrogen) atoms. The quantitative estimate of drug-likeness (QED) is 0.304. The fourth-order valence-electron chi connectivity index (χ4n) is 12.0. The van der Waals surface area contributed by atoms with Crippen molar-refractivity contribution in [2.75, 3.05) is 13.2 Å². The van der Waals surface area contributed by atoms with Gasteiger partial charge in [-0.2, -0.15) is 0 Å². The van der Waals surface area contributed by atoms with Crippen molar-refractivity contribution in [2.45, 2.75) is 143 Å². The molecule has 0 aromatic rings. The maximum atomic E-state index is 12.1. The van der Waals surface area contributed by atoms with E-state index in [0.717, 1.165) is 32.1 Å². The minimum absolute atomic E-state index is 0.0351. The van der Waals surface area contributed by atoms with Crippen LogP contribution in [0.15, 0.2) is 11.6 Å². The molecule has 5 fully saturated rings. The third kappa shape index (κ3) is 4.09. The standard InChI is InChI=1S/C35H58O7/c1-30(2)14-15-31(3)17-25(38)35(7)20(21(31)16-30)8-9-24-32(4)12-11-26(42-29-28(40)27(39)22(18-36)41-29)33(5,19-37)23(32)10-13-34(24,35)6/h8,21-29,36-40H,9-19H2,1-7H3/t21-,22-,23+,24+,25-,26-,27-,28+,29-,31+,32-,33-,34+,35-/m0/s1. The van der Waals surface area contributed by atoms with Crippen LogP contribution < -0.4 is 0 Å². The van der Waals surface area contributed by atoms with E-state index < -0.39 is 36.6 Å². The number of hydrogen-bond acceptors (Lipinski definition) is 7. The summed E-state index contributed by atoms with van der Waals surface area (Å²) in [6.45, 7) is 16.3. The molecule has 1 heterocycles. The van der Waals surface area contributed by atoms with E-state index in [9.17, 15) is 25.5 Å². The fraction of sp³-hybridized carbons (Fsp3) is 0.943. The van der Waals surface area contributed by atoms with Gasteiger partial charge in [-0.1, -0.05) is 60.1 Å². The van der Waals surface area contributed by atoms with Crippen LogP contribution in [-0.4, -0.2) is 75.6 Å². The molecule has 0 amide bonds. The lowest BCUT2D eigenvalue weighted by atomic mass is 9.33. The van der Waals surface area contributed by atoms with Gasteiger partial charge >= 0.3 is 0 Å². The van der Waals surface area contributed by atoms with Crippen molar-refractivity contribution in [3.8, 4) is 0 Å². The zero-order chi connectivity index (χ0) is 30.7. The van der Waals surface area contributed by atoms with E-state index in [2.05, 4.69) is 54.5 Å². The average molecular weight is 591 g/mol. The van der Waals surface area contributed by atoms with E-state index >= 15 is 0 Å². The Balaban J connectivity index is 1.32. The summed E-state index contributed by atoms with van der Waals surface area (Å²) in [6, 6.07) is 0. The topological polar surface area (TPSA) is 120 Å². The van der Waals surface area contributed by atoms with E-state index in [4.69, 9.17) is 9.47 Å². The number of allylic oxidation sites excluding steroid dienone is 1. The molecule has 5 aliphatic carbocycles. The first-order valence-corrected chi connectivity index (χ1v) is 16.8. The van der Waals surface area contributed by atoms with Gasteiger partial charge in [-0.25, -0.2) is 0 Å². The maximum Gasteiger partial charge on any atom is 0.186 e. The highest BCUT2D eigenvalue weighted by Gasteiger charge is 2.70. The van der Waals surface area contributed by atoms with Crippen LogP contribution in [0, 0.1) is 50.2 Å². The summed E-state index contributed by atoms with van der Waals surface area (Å²) in [5.41, 5.74) is 1.07. The lowest BCUT2D eigenvalue weighted by molar-refractivity contribution is -0.273. The number of fused-ring (bicyclic) bond motifs is 7. The molecule has 0 spiro atoms. The summed E-state index contributed by atoms with van der Waals surface area (Å²) < 4.78 is 12.1. The summed E-state index contributed by atoms with van der Waals surface area (Å²) in [5.74, 6) is 1.08. The van der Waals surface area contributed by atoms with E-state index in [1.807, 2.05) is 0 Å².